The summed E-state index contributed by atoms with van der Waals surface area (Å²) in [5.41, 5.74) is 2.82. The van der Waals surface area contributed by atoms with Gasteiger partial charge >= 0.3 is 0 Å². The highest BCUT2D eigenvalue weighted by Crippen LogP contribution is 2.27. The van der Waals surface area contributed by atoms with Gasteiger partial charge in [0, 0.05) is 32.0 Å². The van der Waals surface area contributed by atoms with Crippen LogP contribution in [0, 0.1) is 5.92 Å². The molecule has 2 rings (SSSR count). The van der Waals surface area contributed by atoms with Gasteiger partial charge in [-0.05, 0) is 41.8 Å². The molecule has 0 saturated carbocycles. The lowest BCUT2D eigenvalue weighted by molar-refractivity contribution is -0.125. The van der Waals surface area contributed by atoms with Crippen molar-refractivity contribution in [2.75, 3.05) is 25.3 Å². The minimum Gasteiger partial charge on any atom is -0.378 e. The minimum absolute atomic E-state index is 0.0232. The topological polar surface area (TPSA) is 66.5 Å². The lowest BCUT2D eigenvalue weighted by Crippen LogP contribution is -2.33. The van der Waals surface area contributed by atoms with E-state index in [1.54, 1.807) is 24.3 Å². The number of anilines is 1. The van der Waals surface area contributed by atoms with Crippen LogP contribution in [0.2, 0.25) is 0 Å². The summed E-state index contributed by atoms with van der Waals surface area (Å²) in [4.78, 5) is 14.8. The first-order valence-electron chi connectivity index (χ1n) is 9.01. The van der Waals surface area contributed by atoms with Crippen LogP contribution in [0.4, 0.5) is 5.69 Å². The number of nitrogens with zero attached hydrogens (tertiary/aromatic N) is 1. The van der Waals surface area contributed by atoms with Crippen molar-refractivity contribution in [3.05, 3.63) is 59.7 Å². The summed E-state index contributed by atoms with van der Waals surface area (Å²) < 4.78 is 23.5. The van der Waals surface area contributed by atoms with Crippen LogP contribution in [0.5, 0.6) is 0 Å². The third-order valence-electron chi connectivity index (χ3n) is 4.71. The zero-order chi connectivity index (χ0) is 20.2. The first-order valence-corrected chi connectivity index (χ1v) is 10.9. The first kappa shape index (κ1) is 21.0. The van der Waals surface area contributed by atoms with E-state index in [0.717, 1.165) is 23.2 Å². The molecule has 0 aliphatic heterocycles. The molecule has 0 aliphatic rings. The van der Waals surface area contributed by atoms with Crippen molar-refractivity contribution >= 4 is 21.4 Å². The number of amides is 1. The molecular formula is C21H28N2O3S. The molecule has 0 aromatic heterocycles. The largest absolute Gasteiger partial charge is 0.378 e. The van der Waals surface area contributed by atoms with E-state index in [1.165, 1.54) is 6.26 Å². The normalized spacial score (nSPS) is 13.7. The predicted octanol–water partition coefficient (Wildman–Crippen LogP) is 3.41. The maximum absolute atomic E-state index is 12.6. The first-order chi connectivity index (χ1) is 12.6. The van der Waals surface area contributed by atoms with Crippen molar-refractivity contribution in [2.24, 2.45) is 5.92 Å². The molecule has 0 bridgehead atoms. The van der Waals surface area contributed by atoms with Gasteiger partial charge in [-0.15, -0.1) is 0 Å². The number of benzene rings is 2. The molecule has 0 spiro atoms. The molecule has 5 nitrogen and oxygen atoms in total. The van der Waals surface area contributed by atoms with Gasteiger partial charge in [0.05, 0.1) is 10.9 Å². The van der Waals surface area contributed by atoms with Crippen molar-refractivity contribution in [1.82, 2.24) is 5.32 Å². The van der Waals surface area contributed by atoms with Crippen LogP contribution in [-0.2, 0) is 14.6 Å². The number of carbonyl (C=O) groups excluding carboxylic acids is 1. The molecule has 0 saturated heterocycles. The van der Waals surface area contributed by atoms with Gasteiger partial charge in [-0.3, -0.25) is 4.79 Å². The third kappa shape index (κ3) is 5.32. The summed E-state index contributed by atoms with van der Waals surface area (Å²) in [6.07, 6.45) is 1.94. The van der Waals surface area contributed by atoms with Crippen LogP contribution >= 0.6 is 0 Å². The van der Waals surface area contributed by atoms with Gasteiger partial charge in [0.15, 0.2) is 9.84 Å². The molecule has 0 radical (unpaired) electrons. The molecule has 0 fully saturated rings. The highest BCUT2D eigenvalue weighted by molar-refractivity contribution is 7.90. The molecular weight excluding hydrogens is 360 g/mol. The maximum Gasteiger partial charge on any atom is 0.223 e. The fourth-order valence-corrected chi connectivity index (χ4v) is 3.35. The summed E-state index contributed by atoms with van der Waals surface area (Å²) in [6, 6.07) is 14.3. The predicted molar refractivity (Wildman–Crippen MR) is 110 cm³/mol. The van der Waals surface area contributed by atoms with Crippen molar-refractivity contribution in [2.45, 2.75) is 31.2 Å². The highest BCUT2D eigenvalue weighted by atomic mass is 32.2. The molecule has 1 amide bonds. The van der Waals surface area contributed by atoms with Crippen LogP contribution in [0.15, 0.2) is 53.4 Å². The molecule has 27 heavy (non-hydrogen) atoms. The Kier molecular flexibility index (Phi) is 6.65. The standard InChI is InChI=1S/C21H28N2O3S/c1-6-15(2)21(24)22-20(17-8-7-9-18(14-17)23(3)4)16-10-12-19(13-11-16)27(5,25)26/h7-15,20H,6H2,1-5H3,(H,22,24)/t15-,20?/m0/s1. The fourth-order valence-electron chi connectivity index (χ4n) is 2.72. The average molecular weight is 389 g/mol. The van der Waals surface area contributed by atoms with Crippen molar-refractivity contribution in [3.8, 4) is 0 Å². The molecule has 2 aromatic rings. The molecule has 1 unspecified atom stereocenters. The van der Waals surface area contributed by atoms with E-state index in [4.69, 9.17) is 0 Å². The summed E-state index contributed by atoms with van der Waals surface area (Å²) in [6.45, 7) is 3.88. The van der Waals surface area contributed by atoms with Gasteiger partial charge in [0.25, 0.3) is 0 Å². The number of nitrogens with one attached hydrogen (secondary N) is 1. The Labute approximate surface area is 162 Å². The lowest BCUT2D eigenvalue weighted by Gasteiger charge is -2.23. The van der Waals surface area contributed by atoms with Gasteiger partial charge in [0.2, 0.25) is 5.91 Å². The summed E-state index contributed by atoms with van der Waals surface area (Å²) in [5.74, 6) is -0.121. The average Bonchev–Trinajstić information content (AvgIpc) is 2.64. The summed E-state index contributed by atoms with van der Waals surface area (Å²) >= 11 is 0. The molecule has 1 N–H and O–H groups in total. The van der Waals surface area contributed by atoms with Gasteiger partial charge in [-0.1, -0.05) is 38.1 Å². The van der Waals surface area contributed by atoms with Gasteiger partial charge in [-0.25, -0.2) is 8.42 Å². The third-order valence-corrected chi connectivity index (χ3v) is 5.84. The Morgan fingerprint density at radius 2 is 1.70 bits per heavy atom. The van der Waals surface area contributed by atoms with E-state index in [9.17, 15) is 13.2 Å². The zero-order valence-corrected chi connectivity index (χ0v) is 17.4. The second kappa shape index (κ2) is 8.57. The van der Waals surface area contributed by atoms with E-state index in [-0.39, 0.29) is 22.8 Å². The number of rotatable bonds is 7. The second-order valence-corrected chi connectivity index (χ2v) is 9.10. The van der Waals surface area contributed by atoms with Crippen LogP contribution in [-0.4, -0.2) is 34.7 Å². The van der Waals surface area contributed by atoms with Crippen LogP contribution in [0.25, 0.3) is 0 Å². The molecule has 6 heteroatoms. The van der Waals surface area contributed by atoms with Crippen LogP contribution in [0.1, 0.15) is 37.4 Å². The van der Waals surface area contributed by atoms with E-state index in [0.29, 0.717) is 0 Å². The van der Waals surface area contributed by atoms with E-state index in [1.807, 2.05) is 57.1 Å². The van der Waals surface area contributed by atoms with Gasteiger partial charge in [0.1, 0.15) is 0 Å². The number of carbonyl (C=O) groups is 1. The molecule has 2 atom stereocenters. The molecule has 0 heterocycles. The van der Waals surface area contributed by atoms with E-state index < -0.39 is 9.84 Å². The van der Waals surface area contributed by atoms with Gasteiger partial charge in [-0.2, -0.15) is 0 Å². The lowest BCUT2D eigenvalue weighted by atomic mass is 9.97. The summed E-state index contributed by atoms with van der Waals surface area (Å²) in [7, 11) is 0.668. The highest BCUT2D eigenvalue weighted by Gasteiger charge is 2.21. The Hall–Kier alpha value is -2.34. The molecule has 2 aromatic carbocycles. The quantitative estimate of drug-likeness (QED) is 0.789. The Balaban J connectivity index is 2.46. The summed E-state index contributed by atoms with van der Waals surface area (Å²) in [5, 5.41) is 3.12. The maximum atomic E-state index is 12.6. The van der Waals surface area contributed by atoms with Crippen molar-refractivity contribution < 1.29 is 13.2 Å². The van der Waals surface area contributed by atoms with E-state index >= 15 is 0 Å². The monoisotopic (exact) mass is 388 g/mol. The number of hydrogen-bond acceptors (Lipinski definition) is 4. The molecule has 146 valence electrons. The van der Waals surface area contributed by atoms with Crippen molar-refractivity contribution in [3.63, 3.8) is 0 Å². The molecule has 0 aliphatic carbocycles. The smallest absolute Gasteiger partial charge is 0.223 e. The second-order valence-electron chi connectivity index (χ2n) is 7.08. The number of sulfone groups is 1. The van der Waals surface area contributed by atoms with Crippen LogP contribution in [0.3, 0.4) is 0 Å². The van der Waals surface area contributed by atoms with Gasteiger partial charge < -0.3 is 10.2 Å². The fraction of sp³-hybridized carbons (Fsp3) is 0.381. The SMILES string of the molecule is CC[C@H](C)C(=O)NC(c1ccc(S(C)(=O)=O)cc1)c1cccc(N(C)C)c1. The Morgan fingerprint density at radius 3 is 2.22 bits per heavy atom. The Morgan fingerprint density at radius 1 is 1.07 bits per heavy atom. The van der Waals surface area contributed by atoms with Crippen molar-refractivity contribution in [1.29, 1.82) is 0 Å². The van der Waals surface area contributed by atoms with E-state index in [2.05, 4.69) is 5.32 Å². The Bertz CT molecular complexity index is 890. The minimum atomic E-state index is -3.26. The number of hydrogen-bond donors (Lipinski definition) is 1. The van der Waals surface area contributed by atoms with Crippen LogP contribution < -0.4 is 10.2 Å². The zero-order valence-electron chi connectivity index (χ0n) is 16.6.